The van der Waals surface area contributed by atoms with Gasteiger partial charge in [-0.1, -0.05) is 23.7 Å². The monoisotopic (exact) mass is 315 g/mol. The van der Waals surface area contributed by atoms with E-state index in [0.717, 1.165) is 4.52 Å². The molecule has 0 saturated carbocycles. The number of rotatable bonds is 1. The largest absolute Gasteiger partial charge is 0.433 e. The minimum Gasteiger partial charge on any atom is -0.223 e. The third-order valence-electron chi connectivity index (χ3n) is 2.87. The Morgan fingerprint density at radius 3 is 2.38 bits per heavy atom. The number of hydrogen-bond acceptors (Lipinski definition) is 2. The Morgan fingerprint density at radius 1 is 1.10 bits per heavy atom. The number of alkyl halides is 3. The molecule has 3 rings (SSSR count). The van der Waals surface area contributed by atoms with E-state index in [1.807, 2.05) is 0 Å². The zero-order valence-electron chi connectivity index (χ0n) is 10.2. The van der Waals surface area contributed by atoms with Crippen molar-refractivity contribution in [3.8, 4) is 11.1 Å². The van der Waals surface area contributed by atoms with Crippen LogP contribution < -0.4 is 0 Å². The summed E-state index contributed by atoms with van der Waals surface area (Å²) in [6, 6.07) is 5.97. The molecule has 0 fully saturated rings. The summed E-state index contributed by atoms with van der Waals surface area (Å²) < 4.78 is 52.4. The first-order valence-electron chi connectivity index (χ1n) is 5.73. The standard InChI is InChI=1S/C13H6ClF4N3/c14-11-5-10(13(16,17)18)20-12-9(6-19-21(11)12)7-1-3-8(15)4-2-7/h1-6H. The van der Waals surface area contributed by atoms with E-state index in [4.69, 9.17) is 11.6 Å². The predicted octanol–water partition coefficient (Wildman–Crippen LogP) is 4.21. The van der Waals surface area contributed by atoms with Gasteiger partial charge in [0.25, 0.3) is 0 Å². The molecule has 108 valence electrons. The predicted molar refractivity (Wildman–Crippen MR) is 68.4 cm³/mol. The zero-order valence-corrected chi connectivity index (χ0v) is 11.0. The van der Waals surface area contributed by atoms with E-state index in [-0.39, 0.29) is 10.8 Å². The van der Waals surface area contributed by atoms with Crippen LogP contribution in [-0.2, 0) is 6.18 Å². The Balaban J connectivity index is 2.25. The molecule has 8 heteroatoms. The molecule has 0 aliphatic rings. The maximum absolute atomic E-state index is 12.9. The van der Waals surface area contributed by atoms with Crippen LogP contribution in [0.2, 0.25) is 5.15 Å². The van der Waals surface area contributed by atoms with E-state index in [0.29, 0.717) is 17.2 Å². The smallest absolute Gasteiger partial charge is 0.223 e. The van der Waals surface area contributed by atoms with Gasteiger partial charge in [-0.05, 0) is 17.7 Å². The maximum atomic E-state index is 12.9. The first-order chi connectivity index (χ1) is 9.86. The van der Waals surface area contributed by atoms with Gasteiger partial charge in [0.05, 0.1) is 6.20 Å². The second-order valence-corrected chi connectivity index (χ2v) is 4.65. The van der Waals surface area contributed by atoms with Crippen LogP contribution >= 0.6 is 11.6 Å². The van der Waals surface area contributed by atoms with Gasteiger partial charge in [-0.25, -0.2) is 13.9 Å². The fourth-order valence-corrected chi connectivity index (χ4v) is 2.13. The molecule has 1 aromatic carbocycles. The van der Waals surface area contributed by atoms with Gasteiger partial charge >= 0.3 is 6.18 Å². The zero-order chi connectivity index (χ0) is 15.2. The first-order valence-corrected chi connectivity index (χ1v) is 6.11. The summed E-state index contributed by atoms with van der Waals surface area (Å²) in [7, 11) is 0. The Labute approximate surface area is 120 Å². The molecule has 0 spiro atoms. The lowest BCUT2D eigenvalue weighted by atomic mass is 10.1. The number of benzene rings is 1. The molecule has 2 heterocycles. The molecule has 0 N–H and O–H groups in total. The Kier molecular flexibility index (Phi) is 3.09. The lowest BCUT2D eigenvalue weighted by Crippen LogP contribution is -2.10. The molecule has 0 aliphatic carbocycles. The van der Waals surface area contributed by atoms with Crippen LogP contribution in [0.15, 0.2) is 36.5 Å². The summed E-state index contributed by atoms with van der Waals surface area (Å²) in [6.07, 6.45) is -3.28. The van der Waals surface area contributed by atoms with Crippen molar-refractivity contribution >= 4 is 17.2 Å². The van der Waals surface area contributed by atoms with Crippen LogP contribution in [-0.4, -0.2) is 14.6 Å². The molecule has 0 radical (unpaired) electrons. The van der Waals surface area contributed by atoms with Crippen LogP contribution in [0.5, 0.6) is 0 Å². The van der Waals surface area contributed by atoms with E-state index < -0.39 is 17.7 Å². The van der Waals surface area contributed by atoms with Crippen molar-refractivity contribution in [1.29, 1.82) is 0 Å². The van der Waals surface area contributed by atoms with Crippen LogP contribution in [0, 0.1) is 5.82 Å². The Morgan fingerprint density at radius 2 is 1.76 bits per heavy atom. The Hall–Kier alpha value is -2.15. The molecular formula is C13H6ClF4N3. The van der Waals surface area contributed by atoms with Crippen molar-refractivity contribution in [3.05, 3.63) is 53.2 Å². The van der Waals surface area contributed by atoms with Gasteiger partial charge < -0.3 is 0 Å². The van der Waals surface area contributed by atoms with Crippen LogP contribution in [0.4, 0.5) is 17.6 Å². The average molecular weight is 316 g/mol. The quantitative estimate of drug-likeness (QED) is 0.497. The molecule has 0 aliphatic heterocycles. The summed E-state index contributed by atoms with van der Waals surface area (Å²) in [4.78, 5) is 3.56. The van der Waals surface area contributed by atoms with E-state index in [1.165, 1.54) is 30.5 Å². The number of hydrogen-bond donors (Lipinski definition) is 0. The van der Waals surface area contributed by atoms with Gasteiger partial charge in [-0.15, -0.1) is 0 Å². The SMILES string of the molecule is Fc1ccc(-c2cnn3c(Cl)cc(C(F)(F)F)nc23)cc1. The van der Waals surface area contributed by atoms with Crippen LogP contribution in [0.3, 0.4) is 0 Å². The third-order valence-corrected chi connectivity index (χ3v) is 3.14. The Bertz CT molecular complexity index is 809. The highest BCUT2D eigenvalue weighted by molar-refractivity contribution is 6.29. The van der Waals surface area contributed by atoms with Gasteiger partial charge in [0.1, 0.15) is 16.7 Å². The lowest BCUT2D eigenvalue weighted by molar-refractivity contribution is -0.141. The van der Waals surface area contributed by atoms with Gasteiger partial charge in [0.15, 0.2) is 5.65 Å². The van der Waals surface area contributed by atoms with E-state index >= 15 is 0 Å². The fraction of sp³-hybridized carbons (Fsp3) is 0.0769. The van der Waals surface area contributed by atoms with Crippen LogP contribution in [0.25, 0.3) is 16.8 Å². The van der Waals surface area contributed by atoms with Crippen molar-refractivity contribution in [3.63, 3.8) is 0 Å². The number of halogens is 5. The van der Waals surface area contributed by atoms with E-state index in [1.54, 1.807) is 0 Å². The molecular weight excluding hydrogens is 310 g/mol. The van der Waals surface area contributed by atoms with Gasteiger partial charge in [-0.3, -0.25) is 0 Å². The highest BCUT2D eigenvalue weighted by atomic mass is 35.5. The van der Waals surface area contributed by atoms with Crippen molar-refractivity contribution in [1.82, 2.24) is 14.6 Å². The molecule has 0 atom stereocenters. The van der Waals surface area contributed by atoms with Gasteiger partial charge in [-0.2, -0.15) is 18.3 Å². The highest BCUT2D eigenvalue weighted by Gasteiger charge is 2.34. The molecule has 0 unspecified atom stereocenters. The molecule has 0 saturated heterocycles. The third kappa shape index (κ3) is 2.44. The van der Waals surface area contributed by atoms with Crippen molar-refractivity contribution < 1.29 is 17.6 Å². The lowest BCUT2D eigenvalue weighted by Gasteiger charge is -2.07. The number of fused-ring (bicyclic) bond motifs is 1. The minimum absolute atomic E-state index is 0.0403. The van der Waals surface area contributed by atoms with Crippen LogP contribution in [0.1, 0.15) is 5.69 Å². The molecule has 0 amide bonds. The maximum Gasteiger partial charge on any atom is 0.433 e. The topological polar surface area (TPSA) is 30.2 Å². The fourth-order valence-electron chi connectivity index (χ4n) is 1.90. The summed E-state index contributed by atoms with van der Waals surface area (Å²) in [5.74, 6) is -0.447. The molecule has 2 aromatic heterocycles. The van der Waals surface area contributed by atoms with Gasteiger partial charge in [0.2, 0.25) is 0 Å². The summed E-state index contributed by atoms with van der Waals surface area (Å²) in [5, 5.41) is 3.69. The normalized spacial score (nSPS) is 12.0. The van der Waals surface area contributed by atoms with Crippen molar-refractivity contribution in [2.24, 2.45) is 0 Å². The van der Waals surface area contributed by atoms with Crippen molar-refractivity contribution in [2.75, 3.05) is 0 Å². The molecule has 21 heavy (non-hydrogen) atoms. The summed E-state index contributed by atoms with van der Waals surface area (Å²) >= 11 is 5.79. The molecule has 3 aromatic rings. The summed E-state index contributed by atoms with van der Waals surface area (Å²) in [6.45, 7) is 0. The minimum atomic E-state index is -4.62. The summed E-state index contributed by atoms with van der Waals surface area (Å²) in [5.41, 5.74) is -0.317. The number of nitrogens with zero attached hydrogens (tertiary/aromatic N) is 3. The molecule has 0 bridgehead atoms. The molecule has 3 nitrogen and oxygen atoms in total. The van der Waals surface area contributed by atoms with Crippen molar-refractivity contribution in [2.45, 2.75) is 6.18 Å². The number of aromatic nitrogens is 3. The van der Waals surface area contributed by atoms with E-state index in [2.05, 4.69) is 10.1 Å². The van der Waals surface area contributed by atoms with E-state index in [9.17, 15) is 17.6 Å². The first kappa shape index (κ1) is 13.8. The second-order valence-electron chi connectivity index (χ2n) is 4.26. The average Bonchev–Trinajstić information content (AvgIpc) is 2.83. The van der Waals surface area contributed by atoms with Gasteiger partial charge in [0, 0.05) is 11.6 Å². The highest BCUT2D eigenvalue weighted by Crippen LogP contribution is 2.32. The second kappa shape index (κ2) is 4.70.